The topological polar surface area (TPSA) is 61.8 Å². The Balaban J connectivity index is 1.28. The van der Waals surface area contributed by atoms with Crippen molar-refractivity contribution in [3.63, 3.8) is 0 Å². The van der Waals surface area contributed by atoms with E-state index in [1.807, 2.05) is 19.1 Å². The highest BCUT2D eigenvalue weighted by atomic mass is 16.5. The lowest BCUT2D eigenvalue weighted by Gasteiger charge is -2.09. The zero-order valence-electron chi connectivity index (χ0n) is 24.2. The molecule has 40 heavy (non-hydrogen) atoms. The monoisotopic (exact) mass is 544 g/mol. The van der Waals surface area contributed by atoms with E-state index in [-0.39, 0.29) is 0 Å². The van der Waals surface area contributed by atoms with Crippen molar-refractivity contribution in [2.75, 3.05) is 6.61 Å². The summed E-state index contributed by atoms with van der Waals surface area (Å²) in [4.78, 5) is 24.8. The minimum Gasteiger partial charge on any atom is -0.494 e. The van der Waals surface area contributed by atoms with Crippen LogP contribution in [0.3, 0.4) is 0 Å². The average molecular weight is 545 g/mol. The molecule has 0 saturated carbocycles. The van der Waals surface area contributed by atoms with Crippen molar-refractivity contribution in [3.8, 4) is 17.2 Å². The Kier molecular flexibility index (Phi) is 13.8. The maximum absolute atomic E-state index is 12.5. The number of rotatable bonds is 18. The molecule has 0 bridgehead atoms. The van der Waals surface area contributed by atoms with Gasteiger partial charge in [0.2, 0.25) is 0 Å². The maximum Gasteiger partial charge on any atom is 0.343 e. The number of hydrogen-bond donors (Lipinski definition) is 0. The van der Waals surface area contributed by atoms with Crippen LogP contribution < -0.4 is 14.2 Å². The predicted octanol–water partition coefficient (Wildman–Crippen LogP) is 9.51. The van der Waals surface area contributed by atoms with E-state index in [2.05, 4.69) is 6.92 Å². The molecule has 3 aromatic rings. The summed E-state index contributed by atoms with van der Waals surface area (Å²) < 4.78 is 16.7. The first-order valence-electron chi connectivity index (χ1n) is 14.9. The Hall–Kier alpha value is -3.60. The molecule has 0 aliphatic heterocycles. The summed E-state index contributed by atoms with van der Waals surface area (Å²) >= 11 is 0. The van der Waals surface area contributed by atoms with Crippen LogP contribution in [0.4, 0.5) is 0 Å². The van der Waals surface area contributed by atoms with Crippen molar-refractivity contribution in [1.82, 2.24) is 0 Å². The first-order valence-corrected chi connectivity index (χ1v) is 14.9. The molecule has 0 heterocycles. The lowest BCUT2D eigenvalue weighted by molar-refractivity contribution is 0.0719. The number of benzene rings is 3. The zero-order chi connectivity index (χ0) is 28.4. The van der Waals surface area contributed by atoms with Crippen molar-refractivity contribution in [2.45, 2.75) is 90.9 Å². The standard InChI is InChI=1S/C35H44O5/c1-3-4-5-6-7-8-9-10-11-12-13-14-27-38-31-21-19-30(20-22-31)35(37)40-33-25-23-32(24-26-33)39-34(36)29-17-15-28(2)16-18-29/h15-26H,3-14,27H2,1-2H3. The smallest absolute Gasteiger partial charge is 0.343 e. The van der Waals surface area contributed by atoms with Crippen LogP contribution in [0.2, 0.25) is 0 Å². The minimum atomic E-state index is -0.461. The highest BCUT2D eigenvalue weighted by molar-refractivity contribution is 5.92. The maximum atomic E-state index is 12.5. The van der Waals surface area contributed by atoms with Crippen molar-refractivity contribution in [1.29, 1.82) is 0 Å². The van der Waals surface area contributed by atoms with E-state index in [0.717, 1.165) is 17.7 Å². The van der Waals surface area contributed by atoms with Crippen LogP contribution in [0.15, 0.2) is 72.8 Å². The fourth-order valence-corrected chi connectivity index (χ4v) is 4.42. The number of unbranched alkanes of at least 4 members (excludes halogenated alkanes) is 11. The number of ether oxygens (including phenoxy) is 3. The molecule has 0 aromatic heterocycles. The first-order chi connectivity index (χ1) is 19.5. The van der Waals surface area contributed by atoms with Gasteiger partial charge in [-0.15, -0.1) is 0 Å². The lowest BCUT2D eigenvalue weighted by Crippen LogP contribution is -2.09. The number of carbonyl (C=O) groups excluding carboxylic acids is 2. The molecule has 3 rings (SSSR count). The van der Waals surface area contributed by atoms with Gasteiger partial charge in [-0.1, -0.05) is 95.2 Å². The Morgan fingerprint density at radius 2 is 0.875 bits per heavy atom. The van der Waals surface area contributed by atoms with Crippen molar-refractivity contribution in [3.05, 3.63) is 89.5 Å². The van der Waals surface area contributed by atoms with E-state index in [0.29, 0.717) is 29.2 Å². The number of carbonyl (C=O) groups is 2. The van der Waals surface area contributed by atoms with Gasteiger partial charge in [0.1, 0.15) is 17.2 Å². The molecule has 0 N–H and O–H groups in total. The summed E-state index contributed by atoms with van der Waals surface area (Å²) in [6.07, 6.45) is 15.8. The van der Waals surface area contributed by atoms with E-state index < -0.39 is 11.9 Å². The number of hydrogen-bond acceptors (Lipinski definition) is 5. The van der Waals surface area contributed by atoms with Crippen molar-refractivity contribution < 1.29 is 23.8 Å². The summed E-state index contributed by atoms with van der Waals surface area (Å²) in [7, 11) is 0. The molecule has 0 atom stereocenters. The second-order valence-electron chi connectivity index (χ2n) is 10.4. The summed E-state index contributed by atoms with van der Waals surface area (Å²) in [5, 5.41) is 0. The van der Waals surface area contributed by atoms with Gasteiger partial charge >= 0.3 is 11.9 Å². The highest BCUT2D eigenvalue weighted by Gasteiger charge is 2.11. The quantitative estimate of drug-likeness (QED) is 0.0906. The zero-order valence-corrected chi connectivity index (χ0v) is 24.2. The van der Waals surface area contributed by atoms with Gasteiger partial charge in [0.15, 0.2) is 0 Å². The van der Waals surface area contributed by atoms with Gasteiger partial charge in [-0.05, 0) is 74.0 Å². The third-order valence-electron chi connectivity index (χ3n) is 6.89. The molecule has 0 amide bonds. The molecule has 0 radical (unpaired) electrons. The lowest BCUT2D eigenvalue weighted by atomic mass is 10.1. The Morgan fingerprint density at radius 1 is 0.500 bits per heavy atom. The molecular weight excluding hydrogens is 500 g/mol. The van der Waals surface area contributed by atoms with Gasteiger partial charge in [-0.3, -0.25) is 0 Å². The van der Waals surface area contributed by atoms with E-state index in [4.69, 9.17) is 14.2 Å². The van der Waals surface area contributed by atoms with Crippen LogP contribution in [-0.4, -0.2) is 18.5 Å². The van der Waals surface area contributed by atoms with Gasteiger partial charge < -0.3 is 14.2 Å². The SMILES string of the molecule is CCCCCCCCCCCCCCOc1ccc(C(=O)Oc2ccc(OC(=O)c3ccc(C)cc3)cc2)cc1. The molecule has 0 unspecified atom stereocenters. The van der Waals surface area contributed by atoms with E-state index in [1.54, 1.807) is 60.7 Å². The van der Waals surface area contributed by atoms with Crippen molar-refractivity contribution >= 4 is 11.9 Å². The Morgan fingerprint density at radius 3 is 1.32 bits per heavy atom. The first kappa shape index (κ1) is 30.9. The third-order valence-corrected chi connectivity index (χ3v) is 6.89. The minimum absolute atomic E-state index is 0.368. The summed E-state index contributed by atoms with van der Waals surface area (Å²) in [6, 6.07) is 20.6. The van der Waals surface area contributed by atoms with Gasteiger partial charge in [0, 0.05) is 0 Å². The van der Waals surface area contributed by atoms with E-state index in [9.17, 15) is 9.59 Å². The fraction of sp³-hybridized carbons (Fsp3) is 0.429. The number of esters is 2. The number of aryl methyl sites for hydroxylation is 1. The van der Waals surface area contributed by atoms with Gasteiger partial charge in [-0.25, -0.2) is 9.59 Å². The van der Waals surface area contributed by atoms with Crippen LogP contribution in [0.1, 0.15) is 110 Å². The van der Waals surface area contributed by atoms with Crippen LogP contribution in [-0.2, 0) is 0 Å². The second-order valence-corrected chi connectivity index (χ2v) is 10.4. The second kappa shape index (κ2) is 17.9. The van der Waals surface area contributed by atoms with Crippen molar-refractivity contribution in [2.24, 2.45) is 0 Å². The van der Waals surface area contributed by atoms with Crippen LogP contribution in [0.5, 0.6) is 17.2 Å². The third kappa shape index (κ3) is 11.6. The Bertz CT molecular complexity index is 1130. The average Bonchev–Trinajstić information content (AvgIpc) is 2.97. The largest absolute Gasteiger partial charge is 0.494 e. The van der Waals surface area contributed by atoms with E-state index in [1.165, 1.54) is 70.6 Å². The molecule has 3 aromatic carbocycles. The molecule has 0 aliphatic carbocycles. The summed E-state index contributed by atoms with van der Waals surface area (Å²) in [5.41, 5.74) is 1.98. The normalized spacial score (nSPS) is 10.8. The molecule has 214 valence electrons. The molecular formula is C35H44O5. The van der Waals surface area contributed by atoms with Crippen LogP contribution in [0, 0.1) is 6.92 Å². The molecule has 5 nitrogen and oxygen atoms in total. The van der Waals surface area contributed by atoms with E-state index >= 15 is 0 Å². The molecule has 0 aliphatic rings. The molecule has 0 saturated heterocycles. The van der Waals surface area contributed by atoms with Crippen LogP contribution >= 0.6 is 0 Å². The van der Waals surface area contributed by atoms with Gasteiger partial charge in [0.25, 0.3) is 0 Å². The highest BCUT2D eigenvalue weighted by Crippen LogP contribution is 2.21. The van der Waals surface area contributed by atoms with Crippen LogP contribution in [0.25, 0.3) is 0 Å². The molecule has 0 fully saturated rings. The fourth-order valence-electron chi connectivity index (χ4n) is 4.42. The molecule has 5 heteroatoms. The predicted molar refractivity (Wildman–Crippen MR) is 161 cm³/mol. The molecule has 0 spiro atoms. The van der Waals surface area contributed by atoms with Gasteiger partial charge in [0.05, 0.1) is 17.7 Å². The Labute approximate surface area is 239 Å². The van der Waals surface area contributed by atoms with Gasteiger partial charge in [-0.2, -0.15) is 0 Å². The summed E-state index contributed by atoms with van der Waals surface area (Å²) in [6.45, 7) is 4.90. The summed E-state index contributed by atoms with van der Waals surface area (Å²) in [5.74, 6) is 0.592.